The SMILES string of the molecule is CCC1OCCC1CNS(=O)(=O)c1cc(CNC)cs1. The topological polar surface area (TPSA) is 67.4 Å². The van der Waals surface area contributed by atoms with Gasteiger partial charge in [0, 0.05) is 25.6 Å². The lowest BCUT2D eigenvalue weighted by atomic mass is 10.0. The molecule has 1 aliphatic heterocycles. The minimum absolute atomic E-state index is 0.181. The van der Waals surface area contributed by atoms with Gasteiger partial charge in [0.1, 0.15) is 4.21 Å². The highest BCUT2D eigenvalue weighted by Crippen LogP contribution is 2.24. The van der Waals surface area contributed by atoms with Crippen molar-refractivity contribution >= 4 is 21.4 Å². The second-order valence-electron chi connectivity index (χ2n) is 5.02. The molecule has 0 bridgehead atoms. The van der Waals surface area contributed by atoms with E-state index in [0.717, 1.165) is 25.0 Å². The second kappa shape index (κ2) is 7.00. The van der Waals surface area contributed by atoms with Gasteiger partial charge in [-0.3, -0.25) is 0 Å². The number of thiophene rings is 1. The largest absolute Gasteiger partial charge is 0.378 e. The molecule has 1 aromatic rings. The van der Waals surface area contributed by atoms with Crippen LogP contribution in [0, 0.1) is 5.92 Å². The Morgan fingerprint density at radius 2 is 2.30 bits per heavy atom. The quantitative estimate of drug-likeness (QED) is 0.801. The van der Waals surface area contributed by atoms with Crippen molar-refractivity contribution in [2.75, 3.05) is 20.2 Å². The lowest BCUT2D eigenvalue weighted by Crippen LogP contribution is -2.32. The molecule has 0 radical (unpaired) electrons. The van der Waals surface area contributed by atoms with Crippen LogP contribution >= 0.6 is 11.3 Å². The van der Waals surface area contributed by atoms with Crippen LogP contribution in [0.5, 0.6) is 0 Å². The van der Waals surface area contributed by atoms with Crippen molar-refractivity contribution in [3.8, 4) is 0 Å². The molecule has 2 heterocycles. The Kier molecular flexibility index (Phi) is 5.57. The van der Waals surface area contributed by atoms with Gasteiger partial charge < -0.3 is 10.1 Å². The van der Waals surface area contributed by atoms with Crippen LogP contribution in [0.1, 0.15) is 25.3 Å². The van der Waals surface area contributed by atoms with Gasteiger partial charge in [-0.2, -0.15) is 0 Å². The number of sulfonamides is 1. The third-order valence-corrected chi connectivity index (χ3v) is 6.47. The zero-order chi connectivity index (χ0) is 14.6. The molecule has 1 saturated heterocycles. The number of hydrogen-bond acceptors (Lipinski definition) is 5. The van der Waals surface area contributed by atoms with E-state index in [0.29, 0.717) is 17.3 Å². The van der Waals surface area contributed by atoms with Crippen LogP contribution in [0.15, 0.2) is 15.7 Å². The lowest BCUT2D eigenvalue weighted by Gasteiger charge is -2.16. The molecule has 0 saturated carbocycles. The Balaban J connectivity index is 1.96. The summed E-state index contributed by atoms with van der Waals surface area (Å²) in [4.78, 5) is 0. The van der Waals surface area contributed by atoms with Gasteiger partial charge in [-0.25, -0.2) is 13.1 Å². The summed E-state index contributed by atoms with van der Waals surface area (Å²) in [5.41, 5.74) is 0.994. The summed E-state index contributed by atoms with van der Waals surface area (Å²) >= 11 is 1.26. The Morgan fingerprint density at radius 1 is 1.50 bits per heavy atom. The molecule has 7 heteroatoms. The molecule has 2 atom stereocenters. The highest BCUT2D eigenvalue weighted by Gasteiger charge is 2.28. The van der Waals surface area contributed by atoms with Crippen molar-refractivity contribution in [3.05, 3.63) is 17.0 Å². The first-order chi connectivity index (χ1) is 9.56. The predicted molar refractivity (Wildman–Crippen MR) is 80.4 cm³/mol. The lowest BCUT2D eigenvalue weighted by molar-refractivity contribution is 0.0884. The second-order valence-corrected chi connectivity index (χ2v) is 7.93. The van der Waals surface area contributed by atoms with Crippen LogP contribution in [0.4, 0.5) is 0 Å². The zero-order valence-electron chi connectivity index (χ0n) is 11.9. The summed E-state index contributed by atoms with van der Waals surface area (Å²) in [7, 11) is -1.55. The molecule has 1 aliphatic rings. The molecule has 20 heavy (non-hydrogen) atoms. The molecule has 0 spiro atoms. The molecule has 1 aromatic heterocycles. The van der Waals surface area contributed by atoms with Crippen LogP contribution < -0.4 is 10.0 Å². The minimum atomic E-state index is -3.39. The van der Waals surface area contributed by atoms with Crippen LogP contribution in [0.25, 0.3) is 0 Å². The van der Waals surface area contributed by atoms with E-state index >= 15 is 0 Å². The molecule has 2 unspecified atom stereocenters. The van der Waals surface area contributed by atoms with E-state index in [4.69, 9.17) is 4.74 Å². The molecule has 1 fully saturated rings. The van der Waals surface area contributed by atoms with Gasteiger partial charge in [-0.05, 0) is 36.9 Å². The molecular formula is C13H22N2O3S2. The monoisotopic (exact) mass is 318 g/mol. The smallest absolute Gasteiger partial charge is 0.250 e. The van der Waals surface area contributed by atoms with Crippen LogP contribution in [-0.2, 0) is 21.3 Å². The van der Waals surface area contributed by atoms with Crippen LogP contribution in [0.3, 0.4) is 0 Å². The van der Waals surface area contributed by atoms with Gasteiger partial charge in [0.2, 0.25) is 10.0 Å². The summed E-state index contributed by atoms with van der Waals surface area (Å²) in [6, 6.07) is 1.73. The van der Waals surface area contributed by atoms with E-state index in [2.05, 4.69) is 17.0 Å². The fraction of sp³-hybridized carbons (Fsp3) is 0.692. The summed E-state index contributed by atoms with van der Waals surface area (Å²) in [5.74, 6) is 0.284. The van der Waals surface area contributed by atoms with Gasteiger partial charge >= 0.3 is 0 Å². The van der Waals surface area contributed by atoms with Crippen LogP contribution in [-0.4, -0.2) is 34.7 Å². The minimum Gasteiger partial charge on any atom is -0.378 e. The summed E-state index contributed by atoms with van der Waals surface area (Å²) in [5, 5.41) is 4.89. The number of rotatable bonds is 7. The maximum atomic E-state index is 12.2. The van der Waals surface area contributed by atoms with E-state index in [-0.39, 0.29) is 12.0 Å². The molecule has 114 valence electrons. The highest BCUT2D eigenvalue weighted by molar-refractivity contribution is 7.91. The van der Waals surface area contributed by atoms with Crippen molar-refractivity contribution in [2.45, 2.75) is 36.6 Å². The maximum Gasteiger partial charge on any atom is 0.250 e. The number of nitrogens with one attached hydrogen (secondary N) is 2. The normalized spacial score (nSPS) is 23.3. The van der Waals surface area contributed by atoms with Gasteiger partial charge in [-0.1, -0.05) is 6.92 Å². The predicted octanol–water partition coefficient (Wildman–Crippen LogP) is 1.56. The van der Waals surface area contributed by atoms with E-state index in [9.17, 15) is 8.42 Å². The Labute approximate surface area is 124 Å². The summed E-state index contributed by atoms with van der Waals surface area (Å²) in [6.07, 6.45) is 2.04. The molecule has 5 nitrogen and oxygen atoms in total. The van der Waals surface area contributed by atoms with E-state index in [1.54, 1.807) is 6.07 Å². The summed E-state index contributed by atoms with van der Waals surface area (Å²) < 4.78 is 33.2. The van der Waals surface area contributed by atoms with Crippen molar-refractivity contribution in [1.82, 2.24) is 10.0 Å². The molecule has 0 amide bonds. The van der Waals surface area contributed by atoms with Gasteiger partial charge in [-0.15, -0.1) is 11.3 Å². The fourth-order valence-corrected chi connectivity index (χ4v) is 4.80. The molecule has 0 aliphatic carbocycles. The first kappa shape index (κ1) is 15.9. The first-order valence-electron chi connectivity index (χ1n) is 6.90. The Bertz CT molecular complexity index is 527. The summed E-state index contributed by atoms with van der Waals surface area (Å²) in [6.45, 7) is 3.94. The average Bonchev–Trinajstić information content (AvgIpc) is 3.05. The number of ether oxygens (including phenoxy) is 1. The molecular weight excluding hydrogens is 296 g/mol. The third kappa shape index (κ3) is 3.79. The number of hydrogen-bond donors (Lipinski definition) is 2. The maximum absolute atomic E-state index is 12.2. The first-order valence-corrected chi connectivity index (χ1v) is 9.26. The van der Waals surface area contributed by atoms with Crippen molar-refractivity contribution in [2.24, 2.45) is 5.92 Å². The van der Waals surface area contributed by atoms with Crippen molar-refractivity contribution in [1.29, 1.82) is 0 Å². The van der Waals surface area contributed by atoms with Crippen molar-refractivity contribution in [3.63, 3.8) is 0 Å². The van der Waals surface area contributed by atoms with E-state index < -0.39 is 10.0 Å². The van der Waals surface area contributed by atoms with Gasteiger partial charge in [0.25, 0.3) is 0 Å². The molecule has 0 aromatic carbocycles. The fourth-order valence-electron chi connectivity index (χ4n) is 2.46. The third-order valence-electron chi connectivity index (χ3n) is 3.56. The zero-order valence-corrected chi connectivity index (χ0v) is 13.5. The molecule has 2 N–H and O–H groups in total. The Hall–Kier alpha value is -0.470. The Morgan fingerprint density at radius 3 is 3.00 bits per heavy atom. The molecule has 2 rings (SSSR count). The standard InChI is InChI=1S/C13H22N2O3S2/c1-3-12-11(4-5-18-12)8-15-20(16,17)13-6-10(7-14-2)9-19-13/h6,9,11-12,14-15H,3-5,7-8H2,1-2H3. The highest BCUT2D eigenvalue weighted by atomic mass is 32.2. The van der Waals surface area contributed by atoms with Gasteiger partial charge in [0.05, 0.1) is 6.10 Å². The van der Waals surface area contributed by atoms with Crippen molar-refractivity contribution < 1.29 is 13.2 Å². The van der Waals surface area contributed by atoms with Gasteiger partial charge in [0.15, 0.2) is 0 Å². The van der Waals surface area contributed by atoms with E-state index in [1.165, 1.54) is 11.3 Å². The van der Waals surface area contributed by atoms with E-state index in [1.807, 2.05) is 12.4 Å². The van der Waals surface area contributed by atoms with Crippen LogP contribution in [0.2, 0.25) is 0 Å². The average molecular weight is 318 g/mol.